The highest BCUT2D eigenvalue weighted by Crippen LogP contribution is 2.53. The maximum absolute atomic E-state index is 6.53. The molecule has 0 fully saturated rings. The zero-order valence-electron chi connectivity index (χ0n) is 14.3. The van der Waals surface area contributed by atoms with Crippen LogP contribution in [0.2, 0.25) is 10.0 Å². The lowest BCUT2D eigenvalue weighted by molar-refractivity contribution is 0.242. The number of benzene rings is 2. The number of ether oxygens (including phenoxy) is 1. The quantitative estimate of drug-likeness (QED) is 0.611. The van der Waals surface area contributed by atoms with Gasteiger partial charge in [0.25, 0.3) is 0 Å². The predicted molar refractivity (Wildman–Crippen MR) is 105 cm³/mol. The van der Waals surface area contributed by atoms with Crippen molar-refractivity contribution in [3.63, 3.8) is 0 Å². The highest BCUT2D eigenvalue weighted by atomic mass is 35.5. The SMILES string of the molecule is CC(C)Oc1cccc2c1NC(c1c(Cl)cccc1Cl)C1CC=CC21. The fraction of sp³-hybridized carbons (Fsp3) is 0.333. The molecule has 1 aliphatic carbocycles. The van der Waals surface area contributed by atoms with Crippen LogP contribution < -0.4 is 10.1 Å². The third kappa shape index (κ3) is 2.92. The van der Waals surface area contributed by atoms with E-state index in [-0.39, 0.29) is 12.1 Å². The fourth-order valence-corrected chi connectivity index (χ4v) is 4.67. The summed E-state index contributed by atoms with van der Waals surface area (Å²) in [5.41, 5.74) is 3.33. The summed E-state index contributed by atoms with van der Waals surface area (Å²) in [6, 6.07) is 12.1. The molecule has 25 heavy (non-hydrogen) atoms. The van der Waals surface area contributed by atoms with Gasteiger partial charge < -0.3 is 10.1 Å². The van der Waals surface area contributed by atoms with Crippen molar-refractivity contribution in [2.24, 2.45) is 5.92 Å². The van der Waals surface area contributed by atoms with E-state index in [0.29, 0.717) is 21.9 Å². The van der Waals surface area contributed by atoms with Crippen molar-refractivity contribution in [2.45, 2.75) is 38.3 Å². The predicted octanol–water partition coefficient (Wildman–Crippen LogP) is 6.61. The second-order valence-corrected chi connectivity index (χ2v) is 7.81. The van der Waals surface area contributed by atoms with E-state index in [4.69, 9.17) is 27.9 Å². The van der Waals surface area contributed by atoms with Crippen LogP contribution >= 0.6 is 23.2 Å². The van der Waals surface area contributed by atoms with E-state index in [0.717, 1.165) is 23.4 Å². The van der Waals surface area contributed by atoms with E-state index < -0.39 is 0 Å². The summed E-state index contributed by atoms with van der Waals surface area (Å²) in [5.74, 6) is 1.64. The van der Waals surface area contributed by atoms with Crippen molar-refractivity contribution >= 4 is 28.9 Å². The number of hydrogen-bond donors (Lipinski definition) is 1. The lowest BCUT2D eigenvalue weighted by Crippen LogP contribution is -2.30. The van der Waals surface area contributed by atoms with Crippen LogP contribution in [-0.4, -0.2) is 6.10 Å². The molecule has 3 atom stereocenters. The molecule has 130 valence electrons. The van der Waals surface area contributed by atoms with Crippen LogP contribution in [0.15, 0.2) is 48.6 Å². The third-order valence-corrected chi connectivity index (χ3v) is 5.69. The minimum absolute atomic E-state index is 0.0608. The lowest BCUT2D eigenvalue weighted by atomic mass is 9.77. The number of rotatable bonds is 3. The Hall–Kier alpha value is -1.64. The molecule has 2 nitrogen and oxygen atoms in total. The molecule has 2 aromatic rings. The Kier molecular flexibility index (Phi) is 4.43. The zero-order chi connectivity index (χ0) is 17.6. The van der Waals surface area contributed by atoms with Crippen LogP contribution in [0.25, 0.3) is 0 Å². The van der Waals surface area contributed by atoms with Crippen molar-refractivity contribution in [2.75, 3.05) is 5.32 Å². The largest absolute Gasteiger partial charge is 0.489 e. The standard InChI is InChI=1S/C21H21Cl2NO/c1-12(2)25-18-11-4-8-14-13-6-3-7-15(13)21(24-20(14)18)19-16(22)9-5-10-17(19)23/h3-6,8-13,15,21,24H,7H2,1-2H3. The highest BCUT2D eigenvalue weighted by Gasteiger charge is 2.40. The third-order valence-electron chi connectivity index (χ3n) is 5.03. The number of halogens is 2. The first-order valence-corrected chi connectivity index (χ1v) is 9.48. The number of fused-ring (bicyclic) bond motifs is 3. The molecule has 3 unspecified atom stereocenters. The van der Waals surface area contributed by atoms with Gasteiger partial charge in [-0.3, -0.25) is 0 Å². The van der Waals surface area contributed by atoms with Crippen molar-refractivity contribution in [1.29, 1.82) is 0 Å². The van der Waals surface area contributed by atoms with E-state index >= 15 is 0 Å². The molecule has 4 rings (SSSR count). The summed E-state index contributed by atoms with van der Waals surface area (Å²) in [5, 5.41) is 5.13. The summed E-state index contributed by atoms with van der Waals surface area (Å²) in [7, 11) is 0. The topological polar surface area (TPSA) is 21.3 Å². The van der Waals surface area contributed by atoms with Gasteiger partial charge in [-0.1, -0.05) is 53.6 Å². The van der Waals surface area contributed by atoms with E-state index in [1.54, 1.807) is 0 Å². The number of para-hydroxylation sites is 1. The second-order valence-electron chi connectivity index (χ2n) is 7.00. The van der Waals surface area contributed by atoms with Gasteiger partial charge in [-0.05, 0) is 49.9 Å². The van der Waals surface area contributed by atoms with Crippen LogP contribution in [0.5, 0.6) is 5.75 Å². The number of hydrogen-bond acceptors (Lipinski definition) is 2. The Morgan fingerprint density at radius 2 is 1.80 bits per heavy atom. The lowest BCUT2D eigenvalue weighted by Gasteiger charge is -2.39. The van der Waals surface area contributed by atoms with Gasteiger partial charge in [0.2, 0.25) is 0 Å². The average Bonchev–Trinajstić information content (AvgIpc) is 3.05. The molecule has 1 aliphatic heterocycles. The fourth-order valence-electron chi connectivity index (χ4n) is 4.04. The van der Waals surface area contributed by atoms with Gasteiger partial charge in [0.1, 0.15) is 5.75 Å². The summed E-state index contributed by atoms with van der Waals surface area (Å²) in [4.78, 5) is 0. The molecule has 0 amide bonds. The Balaban J connectivity index is 1.84. The summed E-state index contributed by atoms with van der Waals surface area (Å²) >= 11 is 13.1. The minimum atomic E-state index is 0.0608. The Bertz CT molecular complexity index is 810. The zero-order valence-corrected chi connectivity index (χ0v) is 15.8. The smallest absolute Gasteiger partial charge is 0.143 e. The molecule has 1 heterocycles. The number of anilines is 1. The first kappa shape index (κ1) is 16.8. The van der Waals surface area contributed by atoms with Gasteiger partial charge in [-0.25, -0.2) is 0 Å². The molecule has 1 N–H and O–H groups in total. The van der Waals surface area contributed by atoms with E-state index in [1.165, 1.54) is 5.56 Å². The Morgan fingerprint density at radius 1 is 1.08 bits per heavy atom. The molecule has 0 aromatic heterocycles. The minimum Gasteiger partial charge on any atom is -0.489 e. The highest BCUT2D eigenvalue weighted by molar-refractivity contribution is 6.36. The van der Waals surface area contributed by atoms with Crippen LogP contribution in [0.4, 0.5) is 5.69 Å². The summed E-state index contributed by atoms with van der Waals surface area (Å²) in [6.45, 7) is 4.09. The van der Waals surface area contributed by atoms with Gasteiger partial charge in [-0.2, -0.15) is 0 Å². The maximum Gasteiger partial charge on any atom is 0.143 e. The van der Waals surface area contributed by atoms with Gasteiger partial charge in [0.05, 0.1) is 17.8 Å². The summed E-state index contributed by atoms with van der Waals surface area (Å²) in [6.07, 6.45) is 5.70. The molecular weight excluding hydrogens is 353 g/mol. The molecule has 0 spiro atoms. The van der Waals surface area contributed by atoms with Gasteiger partial charge in [-0.15, -0.1) is 0 Å². The van der Waals surface area contributed by atoms with Crippen LogP contribution in [-0.2, 0) is 0 Å². The number of nitrogens with one attached hydrogen (secondary N) is 1. The molecule has 0 radical (unpaired) electrons. The monoisotopic (exact) mass is 373 g/mol. The number of allylic oxidation sites excluding steroid dienone is 2. The molecular formula is C21H21Cl2NO. The van der Waals surface area contributed by atoms with E-state index in [9.17, 15) is 0 Å². The molecule has 2 aliphatic rings. The van der Waals surface area contributed by atoms with Crippen molar-refractivity contribution < 1.29 is 4.74 Å². The molecule has 0 bridgehead atoms. The first-order valence-electron chi connectivity index (χ1n) is 8.73. The maximum atomic E-state index is 6.53. The van der Waals surface area contributed by atoms with Crippen molar-refractivity contribution in [3.8, 4) is 5.75 Å². The van der Waals surface area contributed by atoms with Gasteiger partial charge in [0, 0.05) is 21.5 Å². The molecule has 0 saturated heterocycles. The van der Waals surface area contributed by atoms with Crippen LogP contribution in [0.1, 0.15) is 43.4 Å². The average molecular weight is 374 g/mol. The van der Waals surface area contributed by atoms with Gasteiger partial charge in [0.15, 0.2) is 0 Å². The van der Waals surface area contributed by atoms with Crippen molar-refractivity contribution in [1.82, 2.24) is 0 Å². The van der Waals surface area contributed by atoms with Crippen LogP contribution in [0, 0.1) is 5.92 Å². The normalized spacial score (nSPS) is 24.0. The Labute approximate surface area is 158 Å². The molecule has 0 saturated carbocycles. The Morgan fingerprint density at radius 3 is 2.52 bits per heavy atom. The van der Waals surface area contributed by atoms with Crippen molar-refractivity contribution in [3.05, 3.63) is 69.7 Å². The van der Waals surface area contributed by atoms with E-state index in [1.807, 2.05) is 38.1 Å². The van der Waals surface area contributed by atoms with E-state index in [2.05, 4.69) is 29.6 Å². The molecule has 2 aromatic carbocycles. The van der Waals surface area contributed by atoms with Crippen LogP contribution in [0.3, 0.4) is 0 Å². The molecule has 4 heteroatoms. The summed E-state index contributed by atoms with van der Waals surface area (Å²) < 4.78 is 6.05. The van der Waals surface area contributed by atoms with Gasteiger partial charge >= 0.3 is 0 Å². The second kappa shape index (κ2) is 6.59. The first-order chi connectivity index (χ1) is 12.1.